The van der Waals surface area contributed by atoms with Crippen molar-refractivity contribution in [3.05, 3.63) is 0 Å². The zero-order valence-corrected chi connectivity index (χ0v) is 9.60. The molecule has 80 valence electrons. The van der Waals surface area contributed by atoms with Crippen molar-refractivity contribution < 1.29 is 4.74 Å². The van der Waals surface area contributed by atoms with Gasteiger partial charge in [-0.3, -0.25) is 0 Å². The van der Waals surface area contributed by atoms with E-state index in [0.717, 1.165) is 25.6 Å². The molecule has 0 saturated heterocycles. The molecule has 0 saturated carbocycles. The first-order chi connectivity index (χ1) is 6.16. The molecular weight excluding hydrogens is 162 g/mol. The number of nitrogens with one attached hydrogen (secondary N) is 1. The van der Waals surface area contributed by atoms with E-state index in [4.69, 9.17) is 4.74 Å². The van der Waals surface area contributed by atoms with Gasteiger partial charge in [0, 0.05) is 13.2 Å². The van der Waals surface area contributed by atoms with Gasteiger partial charge in [-0.1, -0.05) is 27.2 Å². The topological polar surface area (TPSA) is 21.3 Å². The molecule has 13 heavy (non-hydrogen) atoms. The molecule has 0 rings (SSSR count). The molecular formula is C11H25NO. The van der Waals surface area contributed by atoms with Gasteiger partial charge in [0.2, 0.25) is 0 Å². The smallest absolute Gasteiger partial charge is 0.0671 e. The van der Waals surface area contributed by atoms with Gasteiger partial charge in [0.25, 0.3) is 0 Å². The summed E-state index contributed by atoms with van der Waals surface area (Å²) in [7, 11) is 0. The van der Waals surface area contributed by atoms with Crippen LogP contribution in [0.3, 0.4) is 0 Å². The Balaban J connectivity index is 3.15. The van der Waals surface area contributed by atoms with E-state index in [1.807, 2.05) is 0 Å². The summed E-state index contributed by atoms with van der Waals surface area (Å²) in [6.45, 7) is 11.7. The molecule has 2 nitrogen and oxygen atoms in total. The van der Waals surface area contributed by atoms with E-state index in [-0.39, 0.29) is 0 Å². The summed E-state index contributed by atoms with van der Waals surface area (Å²) in [5.74, 6) is 0.725. The highest BCUT2D eigenvalue weighted by atomic mass is 16.5. The highest BCUT2D eigenvalue weighted by molar-refractivity contribution is 4.57. The quantitative estimate of drug-likeness (QED) is 0.589. The number of ether oxygens (including phenoxy) is 1. The van der Waals surface area contributed by atoms with Crippen molar-refractivity contribution in [1.29, 1.82) is 0 Å². The zero-order chi connectivity index (χ0) is 10.1. The van der Waals surface area contributed by atoms with Crippen molar-refractivity contribution >= 4 is 0 Å². The van der Waals surface area contributed by atoms with Gasteiger partial charge in [0.05, 0.1) is 6.10 Å². The Morgan fingerprint density at radius 1 is 1.15 bits per heavy atom. The lowest BCUT2D eigenvalue weighted by Gasteiger charge is -2.14. The molecule has 0 heterocycles. The lowest BCUT2D eigenvalue weighted by Crippen LogP contribution is -2.29. The predicted molar refractivity (Wildman–Crippen MR) is 58.0 cm³/mol. The van der Waals surface area contributed by atoms with Gasteiger partial charge in [-0.05, 0) is 25.8 Å². The molecule has 0 aliphatic carbocycles. The number of hydrogen-bond donors (Lipinski definition) is 1. The van der Waals surface area contributed by atoms with E-state index in [0.29, 0.717) is 6.10 Å². The van der Waals surface area contributed by atoms with E-state index < -0.39 is 0 Å². The molecule has 1 atom stereocenters. The lowest BCUT2D eigenvalue weighted by molar-refractivity contribution is 0.0636. The Morgan fingerprint density at radius 3 is 2.38 bits per heavy atom. The van der Waals surface area contributed by atoms with E-state index >= 15 is 0 Å². The highest BCUT2D eigenvalue weighted by Crippen LogP contribution is 1.94. The van der Waals surface area contributed by atoms with Crippen LogP contribution in [-0.2, 0) is 4.74 Å². The summed E-state index contributed by atoms with van der Waals surface area (Å²) in [5, 5.41) is 3.39. The lowest BCUT2D eigenvalue weighted by atomic mass is 10.2. The molecule has 0 aromatic rings. The first-order valence-corrected chi connectivity index (χ1v) is 5.49. The molecule has 0 aromatic heterocycles. The van der Waals surface area contributed by atoms with Gasteiger partial charge in [-0.15, -0.1) is 0 Å². The van der Waals surface area contributed by atoms with Crippen molar-refractivity contribution in [2.45, 2.75) is 46.6 Å². The third-order valence-corrected chi connectivity index (χ3v) is 1.88. The van der Waals surface area contributed by atoms with Crippen LogP contribution in [0.15, 0.2) is 0 Å². The Labute approximate surface area is 83.1 Å². The fourth-order valence-electron chi connectivity index (χ4n) is 1.06. The zero-order valence-electron chi connectivity index (χ0n) is 9.60. The van der Waals surface area contributed by atoms with Crippen molar-refractivity contribution in [2.24, 2.45) is 5.92 Å². The van der Waals surface area contributed by atoms with Gasteiger partial charge >= 0.3 is 0 Å². The third kappa shape index (κ3) is 9.84. The minimum atomic E-state index is 0.352. The van der Waals surface area contributed by atoms with Crippen LogP contribution >= 0.6 is 0 Å². The van der Waals surface area contributed by atoms with E-state index in [2.05, 4.69) is 33.0 Å². The molecule has 0 bridgehead atoms. The molecule has 0 radical (unpaired) electrons. The second-order valence-electron chi connectivity index (χ2n) is 4.09. The molecule has 0 aliphatic rings. The first kappa shape index (κ1) is 12.9. The Hall–Kier alpha value is -0.0800. The first-order valence-electron chi connectivity index (χ1n) is 5.49. The molecule has 0 amide bonds. The summed E-state index contributed by atoms with van der Waals surface area (Å²) < 4.78 is 5.60. The van der Waals surface area contributed by atoms with Crippen molar-refractivity contribution in [2.75, 3.05) is 19.7 Å². The van der Waals surface area contributed by atoms with Gasteiger partial charge in [-0.2, -0.15) is 0 Å². The molecule has 0 aliphatic heterocycles. The summed E-state index contributed by atoms with van der Waals surface area (Å²) in [4.78, 5) is 0. The molecule has 2 heteroatoms. The summed E-state index contributed by atoms with van der Waals surface area (Å²) in [5.41, 5.74) is 0. The Morgan fingerprint density at radius 2 is 1.85 bits per heavy atom. The van der Waals surface area contributed by atoms with Crippen LogP contribution in [0, 0.1) is 5.92 Å². The van der Waals surface area contributed by atoms with Crippen molar-refractivity contribution in [3.63, 3.8) is 0 Å². The van der Waals surface area contributed by atoms with Crippen molar-refractivity contribution in [1.82, 2.24) is 5.32 Å². The minimum Gasteiger partial charge on any atom is -0.377 e. The van der Waals surface area contributed by atoms with E-state index in [1.165, 1.54) is 12.8 Å². The van der Waals surface area contributed by atoms with Gasteiger partial charge < -0.3 is 10.1 Å². The highest BCUT2D eigenvalue weighted by Gasteiger charge is 2.01. The second kappa shape index (κ2) is 8.52. The molecule has 1 N–H and O–H groups in total. The largest absolute Gasteiger partial charge is 0.377 e. The SMILES string of the molecule is CCCCOC(C)CNCC(C)C. The van der Waals surface area contributed by atoms with Gasteiger partial charge in [0.1, 0.15) is 0 Å². The minimum absolute atomic E-state index is 0.352. The van der Waals surface area contributed by atoms with Crippen LogP contribution in [0.4, 0.5) is 0 Å². The molecule has 0 spiro atoms. The fourth-order valence-corrected chi connectivity index (χ4v) is 1.06. The van der Waals surface area contributed by atoms with Gasteiger partial charge in [0.15, 0.2) is 0 Å². The van der Waals surface area contributed by atoms with Crippen LogP contribution in [0.1, 0.15) is 40.5 Å². The van der Waals surface area contributed by atoms with E-state index in [9.17, 15) is 0 Å². The number of hydrogen-bond acceptors (Lipinski definition) is 2. The Bertz CT molecular complexity index is 104. The number of unbranched alkanes of at least 4 members (excludes halogenated alkanes) is 1. The standard InChI is InChI=1S/C11H25NO/c1-5-6-7-13-11(4)9-12-8-10(2)3/h10-12H,5-9H2,1-4H3. The second-order valence-corrected chi connectivity index (χ2v) is 4.09. The van der Waals surface area contributed by atoms with Crippen LogP contribution < -0.4 is 5.32 Å². The summed E-state index contributed by atoms with van der Waals surface area (Å²) in [6, 6.07) is 0. The average Bonchev–Trinajstić information content (AvgIpc) is 2.04. The maximum Gasteiger partial charge on any atom is 0.0671 e. The summed E-state index contributed by atoms with van der Waals surface area (Å²) >= 11 is 0. The van der Waals surface area contributed by atoms with Crippen molar-refractivity contribution in [3.8, 4) is 0 Å². The normalized spacial score (nSPS) is 13.6. The van der Waals surface area contributed by atoms with Crippen LogP contribution in [0.5, 0.6) is 0 Å². The maximum atomic E-state index is 5.60. The third-order valence-electron chi connectivity index (χ3n) is 1.88. The molecule has 0 aromatic carbocycles. The number of rotatable bonds is 8. The van der Waals surface area contributed by atoms with Crippen LogP contribution in [-0.4, -0.2) is 25.8 Å². The predicted octanol–water partition coefficient (Wildman–Crippen LogP) is 2.44. The van der Waals surface area contributed by atoms with E-state index in [1.54, 1.807) is 0 Å². The van der Waals surface area contributed by atoms with Crippen LogP contribution in [0.25, 0.3) is 0 Å². The molecule has 0 fully saturated rings. The fraction of sp³-hybridized carbons (Fsp3) is 1.00. The van der Waals surface area contributed by atoms with Gasteiger partial charge in [-0.25, -0.2) is 0 Å². The van der Waals surface area contributed by atoms with Crippen LogP contribution in [0.2, 0.25) is 0 Å². The maximum absolute atomic E-state index is 5.60. The monoisotopic (exact) mass is 187 g/mol. The average molecular weight is 187 g/mol. The molecule has 1 unspecified atom stereocenters. The summed E-state index contributed by atoms with van der Waals surface area (Å²) in [6.07, 6.45) is 2.74. The Kier molecular flexibility index (Phi) is 8.46.